The SMILES string of the molecule is CC(C)COc1ncc(CN2CCC(COc3cc(F)c(C(=O)NS(C)(=O)=O)cc3C3CC3)CC2)cc1Cl. The minimum Gasteiger partial charge on any atom is -0.493 e. The summed E-state index contributed by atoms with van der Waals surface area (Å²) in [6.07, 6.45) is 6.40. The van der Waals surface area contributed by atoms with E-state index < -0.39 is 21.7 Å². The average molecular weight is 568 g/mol. The van der Waals surface area contributed by atoms with E-state index in [0.717, 1.165) is 62.7 Å². The fourth-order valence-corrected chi connectivity index (χ4v) is 5.18. The molecule has 0 spiro atoms. The molecule has 1 amide bonds. The molecule has 0 bridgehead atoms. The Morgan fingerprint density at radius 2 is 1.89 bits per heavy atom. The number of carbonyl (C=O) groups excluding carboxylic acids is 1. The maximum atomic E-state index is 14.7. The third-order valence-corrected chi connectivity index (χ3v) is 7.47. The van der Waals surface area contributed by atoms with E-state index in [2.05, 4.69) is 23.7 Å². The van der Waals surface area contributed by atoms with Crippen LogP contribution in [-0.4, -0.2) is 56.8 Å². The topological polar surface area (TPSA) is 97.8 Å². The lowest BCUT2D eigenvalue weighted by Gasteiger charge is -2.32. The van der Waals surface area contributed by atoms with Crippen molar-refractivity contribution in [3.63, 3.8) is 0 Å². The summed E-state index contributed by atoms with van der Waals surface area (Å²) < 4.78 is 51.1. The summed E-state index contributed by atoms with van der Waals surface area (Å²) in [6.45, 7) is 7.70. The molecule has 1 aromatic heterocycles. The number of rotatable bonds is 11. The molecule has 2 aliphatic rings. The Bertz CT molecular complexity index is 1260. The number of aromatic nitrogens is 1. The minimum atomic E-state index is -3.79. The Labute approximate surface area is 228 Å². The molecule has 2 heterocycles. The van der Waals surface area contributed by atoms with E-state index in [0.29, 0.717) is 41.7 Å². The second-order valence-corrected chi connectivity index (χ2v) is 12.9. The normalized spacial score (nSPS) is 17.0. The lowest BCUT2D eigenvalue weighted by Crippen LogP contribution is -2.35. The molecule has 1 saturated heterocycles. The van der Waals surface area contributed by atoms with Crippen LogP contribution in [0, 0.1) is 17.7 Å². The average Bonchev–Trinajstić information content (AvgIpc) is 3.67. The number of ether oxygens (including phenoxy) is 2. The zero-order valence-corrected chi connectivity index (χ0v) is 23.6. The van der Waals surface area contributed by atoms with Gasteiger partial charge in [0.2, 0.25) is 15.9 Å². The number of carbonyl (C=O) groups is 1. The number of amides is 1. The van der Waals surface area contributed by atoms with Crippen LogP contribution in [0.15, 0.2) is 24.4 Å². The van der Waals surface area contributed by atoms with Crippen molar-refractivity contribution in [3.8, 4) is 11.6 Å². The van der Waals surface area contributed by atoms with Crippen molar-refractivity contribution in [3.05, 3.63) is 51.9 Å². The molecule has 38 heavy (non-hydrogen) atoms. The first-order chi connectivity index (χ1) is 18.0. The third kappa shape index (κ3) is 8.04. The highest BCUT2D eigenvalue weighted by Gasteiger charge is 2.30. The van der Waals surface area contributed by atoms with Gasteiger partial charge in [-0.3, -0.25) is 9.69 Å². The number of halogens is 2. The first kappa shape index (κ1) is 28.6. The quantitative estimate of drug-likeness (QED) is 0.418. The summed E-state index contributed by atoms with van der Waals surface area (Å²) in [5, 5.41) is 0.518. The molecule has 0 unspecified atom stereocenters. The van der Waals surface area contributed by atoms with Crippen LogP contribution < -0.4 is 14.2 Å². The van der Waals surface area contributed by atoms with Crippen LogP contribution in [0.1, 0.15) is 66.9 Å². The Morgan fingerprint density at radius 1 is 1.18 bits per heavy atom. The highest BCUT2D eigenvalue weighted by atomic mass is 35.5. The van der Waals surface area contributed by atoms with Gasteiger partial charge in [-0.2, -0.15) is 0 Å². The highest BCUT2D eigenvalue weighted by Crippen LogP contribution is 2.45. The summed E-state index contributed by atoms with van der Waals surface area (Å²) >= 11 is 6.36. The van der Waals surface area contributed by atoms with E-state index in [1.165, 1.54) is 12.1 Å². The van der Waals surface area contributed by atoms with E-state index in [1.54, 1.807) is 0 Å². The van der Waals surface area contributed by atoms with Gasteiger partial charge < -0.3 is 9.47 Å². The Hall–Kier alpha value is -2.43. The van der Waals surface area contributed by atoms with Crippen molar-refractivity contribution in [2.24, 2.45) is 11.8 Å². The summed E-state index contributed by atoms with van der Waals surface area (Å²) in [5.41, 5.74) is 1.51. The third-order valence-electron chi connectivity index (χ3n) is 6.64. The van der Waals surface area contributed by atoms with Crippen LogP contribution in [0.3, 0.4) is 0 Å². The number of nitrogens with one attached hydrogen (secondary N) is 1. The second-order valence-electron chi connectivity index (χ2n) is 10.7. The molecule has 8 nitrogen and oxygen atoms in total. The van der Waals surface area contributed by atoms with Crippen molar-refractivity contribution in [2.75, 3.05) is 32.6 Å². The van der Waals surface area contributed by atoms with Gasteiger partial charge in [-0.1, -0.05) is 25.4 Å². The fraction of sp³-hybridized carbons (Fsp3) is 0.556. The highest BCUT2D eigenvalue weighted by molar-refractivity contribution is 7.89. The number of pyridine rings is 1. The van der Waals surface area contributed by atoms with Crippen LogP contribution in [0.2, 0.25) is 5.02 Å². The molecule has 1 aromatic carbocycles. The van der Waals surface area contributed by atoms with Crippen LogP contribution in [-0.2, 0) is 16.6 Å². The molecular weight excluding hydrogens is 533 g/mol. The molecule has 1 aliphatic heterocycles. The van der Waals surface area contributed by atoms with Crippen LogP contribution >= 0.6 is 11.6 Å². The molecule has 2 fully saturated rings. The molecule has 0 atom stereocenters. The Kier molecular flexibility index (Phi) is 9.15. The van der Waals surface area contributed by atoms with E-state index in [9.17, 15) is 17.6 Å². The number of sulfonamides is 1. The van der Waals surface area contributed by atoms with Crippen LogP contribution in [0.25, 0.3) is 0 Å². The van der Waals surface area contributed by atoms with E-state index in [1.807, 2.05) is 17.0 Å². The molecule has 0 radical (unpaired) electrons. The van der Waals surface area contributed by atoms with Crippen molar-refractivity contribution >= 4 is 27.5 Å². The fourth-order valence-electron chi connectivity index (χ4n) is 4.49. The zero-order valence-electron chi connectivity index (χ0n) is 22.0. The maximum absolute atomic E-state index is 14.7. The van der Waals surface area contributed by atoms with Crippen molar-refractivity contribution in [2.45, 2.75) is 52.0 Å². The molecule has 2 aromatic rings. The first-order valence-electron chi connectivity index (χ1n) is 13.0. The predicted molar refractivity (Wildman–Crippen MR) is 144 cm³/mol. The number of likely N-dealkylation sites (tertiary alicyclic amines) is 1. The van der Waals surface area contributed by atoms with Gasteiger partial charge in [0.15, 0.2) is 0 Å². The Balaban J connectivity index is 1.30. The number of benzene rings is 1. The lowest BCUT2D eigenvalue weighted by atomic mass is 9.97. The zero-order chi connectivity index (χ0) is 27.4. The summed E-state index contributed by atoms with van der Waals surface area (Å²) in [6, 6.07) is 4.56. The molecule has 4 rings (SSSR count). The number of hydrogen-bond acceptors (Lipinski definition) is 7. The molecule has 208 valence electrons. The van der Waals surface area contributed by atoms with Gasteiger partial charge in [0.05, 0.1) is 25.0 Å². The van der Waals surface area contributed by atoms with E-state index in [-0.39, 0.29) is 11.5 Å². The van der Waals surface area contributed by atoms with Gasteiger partial charge in [-0.15, -0.1) is 0 Å². The monoisotopic (exact) mass is 567 g/mol. The molecule has 11 heteroatoms. The minimum absolute atomic E-state index is 0.194. The Morgan fingerprint density at radius 3 is 2.50 bits per heavy atom. The first-order valence-corrected chi connectivity index (χ1v) is 15.2. The van der Waals surface area contributed by atoms with Crippen molar-refractivity contribution < 1.29 is 27.1 Å². The van der Waals surface area contributed by atoms with Gasteiger partial charge in [-0.05, 0) is 79.8 Å². The maximum Gasteiger partial charge on any atom is 0.267 e. The number of hydrogen-bond donors (Lipinski definition) is 1. The number of piperidine rings is 1. The largest absolute Gasteiger partial charge is 0.493 e. The predicted octanol–water partition coefficient (Wildman–Crippen LogP) is 4.77. The van der Waals surface area contributed by atoms with Crippen molar-refractivity contribution in [1.82, 2.24) is 14.6 Å². The van der Waals surface area contributed by atoms with Gasteiger partial charge in [0.25, 0.3) is 5.91 Å². The lowest BCUT2D eigenvalue weighted by molar-refractivity contribution is 0.0977. The smallest absolute Gasteiger partial charge is 0.267 e. The van der Waals surface area contributed by atoms with Crippen molar-refractivity contribution in [1.29, 1.82) is 0 Å². The van der Waals surface area contributed by atoms with Gasteiger partial charge in [0.1, 0.15) is 16.6 Å². The summed E-state index contributed by atoms with van der Waals surface area (Å²) in [4.78, 5) is 19.0. The standard InChI is InChI=1S/C27H35ClFN3O5S/c1-17(2)15-37-27-23(28)10-19(13-30-27)14-32-8-6-18(7-9-32)16-36-25-12-24(29)22(11-21(25)20-4-5-20)26(33)31-38(3,34)35/h10-13,17-18,20H,4-9,14-16H2,1-3H3,(H,31,33). The molecule has 1 saturated carbocycles. The van der Waals surface area contributed by atoms with Crippen LogP contribution in [0.5, 0.6) is 11.6 Å². The van der Waals surface area contributed by atoms with E-state index in [4.69, 9.17) is 21.1 Å². The molecular formula is C27H35ClFN3O5S. The van der Waals surface area contributed by atoms with E-state index >= 15 is 0 Å². The number of nitrogens with zero attached hydrogens (tertiary/aromatic N) is 2. The van der Waals surface area contributed by atoms with Gasteiger partial charge in [0, 0.05) is 18.8 Å². The molecule has 1 N–H and O–H groups in total. The second kappa shape index (κ2) is 12.2. The molecule has 1 aliphatic carbocycles. The van der Waals surface area contributed by atoms with Gasteiger partial charge >= 0.3 is 0 Å². The van der Waals surface area contributed by atoms with Crippen LogP contribution in [0.4, 0.5) is 4.39 Å². The summed E-state index contributed by atoms with van der Waals surface area (Å²) in [5.74, 6) is 0.0380. The summed E-state index contributed by atoms with van der Waals surface area (Å²) in [7, 11) is -3.79. The van der Waals surface area contributed by atoms with Gasteiger partial charge in [-0.25, -0.2) is 22.5 Å².